The number of aryl methyl sites for hydroxylation is 2. The Labute approximate surface area is 136 Å². The van der Waals surface area contributed by atoms with Crippen LogP contribution in [0, 0.1) is 13.8 Å². The van der Waals surface area contributed by atoms with Crippen LogP contribution < -0.4 is 10.5 Å². The molecule has 2 aromatic carbocycles. The SMILES string of the molecule is Cc1cc(Oc2cc(Br)ccc2C(C)N)cc(C)c1Br. The summed E-state index contributed by atoms with van der Waals surface area (Å²) in [5.41, 5.74) is 9.29. The smallest absolute Gasteiger partial charge is 0.133 e. The number of hydrogen-bond acceptors (Lipinski definition) is 2. The van der Waals surface area contributed by atoms with E-state index in [0.29, 0.717) is 0 Å². The van der Waals surface area contributed by atoms with Crippen LogP contribution in [0.25, 0.3) is 0 Å². The molecule has 0 amide bonds. The molecule has 0 saturated carbocycles. The molecule has 0 saturated heterocycles. The topological polar surface area (TPSA) is 35.2 Å². The van der Waals surface area contributed by atoms with Gasteiger partial charge in [0, 0.05) is 20.6 Å². The molecule has 4 heteroatoms. The summed E-state index contributed by atoms with van der Waals surface area (Å²) in [5.74, 6) is 1.61. The second-order valence-corrected chi connectivity index (χ2v) is 6.65. The Morgan fingerprint density at radius 1 is 1.05 bits per heavy atom. The lowest BCUT2D eigenvalue weighted by Crippen LogP contribution is -2.06. The first kappa shape index (κ1) is 15.5. The van der Waals surface area contributed by atoms with Gasteiger partial charge in [0.15, 0.2) is 0 Å². The molecule has 2 N–H and O–H groups in total. The van der Waals surface area contributed by atoms with Gasteiger partial charge in [-0.2, -0.15) is 0 Å². The van der Waals surface area contributed by atoms with Gasteiger partial charge in [0.1, 0.15) is 11.5 Å². The van der Waals surface area contributed by atoms with Crippen LogP contribution >= 0.6 is 31.9 Å². The normalized spacial score (nSPS) is 12.3. The summed E-state index contributed by atoms with van der Waals surface area (Å²) in [5, 5.41) is 0. The van der Waals surface area contributed by atoms with Crippen molar-refractivity contribution in [2.75, 3.05) is 0 Å². The molecule has 0 radical (unpaired) electrons. The standard InChI is InChI=1S/C16H17Br2NO/c1-9-6-13(7-10(2)16(9)18)20-15-8-12(17)4-5-14(15)11(3)19/h4-8,11H,19H2,1-3H3. The summed E-state index contributed by atoms with van der Waals surface area (Å²) in [4.78, 5) is 0. The zero-order valence-electron chi connectivity index (χ0n) is 11.7. The van der Waals surface area contributed by atoms with Crippen molar-refractivity contribution in [3.05, 3.63) is 56.0 Å². The number of ether oxygens (including phenoxy) is 1. The fourth-order valence-corrected chi connectivity index (χ4v) is 2.63. The van der Waals surface area contributed by atoms with E-state index in [1.54, 1.807) is 0 Å². The highest BCUT2D eigenvalue weighted by Crippen LogP contribution is 2.34. The first-order chi connectivity index (χ1) is 9.38. The molecular weight excluding hydrogens is 382 g/mol. The largest absolute Gasteiger partial charge is 0.457 e. The lowest BCUT2D eigenvalue weighted by Gasteiger charge is -2.15. The van der Waals surface area contributed by atoms with E-state index in [4.69, 9.17) is 10.5 Å². The first-order valence-corrected chi connectivity index (χ1v) is 7.96. The molecule has 20 heavy (non-hydrogen) atoms. The molecule has 0 aliphatic heterocycles. The van der Waals surface area contributed by atoms with Crippen molar-refractivity contribution in [3.63, 3.8) is 0 Å². The van der Waals surface area contributed by atoms with Crippen molar-refractivity contribution in [3.8, 4) is 11.5 Å². The molecule has 0 aliphatic rings. The highest BCUT2D eigenvalue weighted by molar-refractivity contribution is 9.10. The van der Waals surface area contributed by atoms with Crippen LogP contribution in [0.5, 0.6) is 11.5 Å². The highest BCUT2D eigenvalue weighted by Gasteiger charge is 2.11. The molecular formula is C16H17Br2NO. The van der Waals surface area contributed by atoms with E-state index in [1.165, 1.54) is 0 Å². The van der Waals surface area contributed by atoms with Crippen molar-refractivity contribution < 1.29 is 4.74 Å². The summed E-state index contributed by atoms with van der Waals surface area (Å²) in [6.45, 7) is 6.06. The van der Waals surface area contributed by atoms with E-state index in [0.717, 1.165) is 37.1 Å². The van der Waals surface area contributed by atoms with Gasteiger partial charge in [-0.05, 0) is 56.2 Å². The minimum atomic E-state index is -0.0734. The second kappa shape index (κ2) is 6.29. The maximum absolute atomic E-state index is 6.04. The number of halogens is 2. The summed E-state index contributed by atoms with van der Waals surface area (Å²) in [7, 11) is 0. The van der Waals surface area contributed by atoms with Crippen LogP contribution in [0.1, 0.15) is 29.7 Å². The minimum Gasteiger partial charge on any atom is -0.457 e. The third-order valence-electron chi connectivity index (χ3n) is 3.10. The molecule has 1 unspecified atom stereocenters. The van der Waals surface area contributed by atoms with Gasteiger partial charge in [-0.3, -0.25) is 0 Å². The molecule has 106 valence electrons. The molecule has 2 aromatic rings. The van der Waals surface area contributed by atoms with E-state index in [-0.39, 0.29) is 6.04 Å². The average Bonchev–Trinajstić information content (AvgIpc) is 2.35. The summed E-state index contributed by atoms with van der Waals surface area (Å²) < 4.78 is 8.13. The summed E-state index contributed by atoms with van der Waals surface area (Å²) in [6.07, 6.45) is 0. The Balaban J connectivity index is 2.42. The monoisotopic (exact) mass is 397 g/mol. The fourth-order valence-electron chi connectivity index (χ4n) is 2.06. The van der Waals surface area contributed by atoms with Crippen LogP contribution in [0.3, 0.4) is 0 Å². The zero-order chi connectivity index (χ0) is 14.9. The van der Waals surface area contributed by atoms with E-state index < -0.39 is 0 Å². The van der Waals surface area contributed by atoms with Crippen LogP contribution in [-0.2, 0) is 0 Å². The number of hydrogen-bond donors (Lipinski definition) is 1. The predicted octanol–water partition coefficient (Wildman–Crippen LogP) is 5.64. The lowest BCUT2D eigenvalue weighted by atomic mass is 10.1. The van der Waals surface area contributed by atoms with Crippen LogP contribution in [-0.4, -0.2) is 0 Å². The molecule has 0 fully saturated rings. The van der Waals surface area contributed by atoms with Gasteiger partial charge in [0.25, 0.3) is 0 Å². The molecule has 0 aromatic heterocycles. The number of rotatable bonds is 3. The van der Waals surface area contributed by atoms with E-state index in [1.807, 2.05) is 37.3 Å². The molecule has 1 atom stereocenters. The Morgan fingerprint density at radius 3 is 2.20 bits per heavy atom. The zero-order valence-corrected chi connectivity index (χ0v) is 14.9. The maximum atomic E-state index is 6.04. The van der Waals surface area contributed by atoms with Gasteiger partial charge in [0.05, 0.1) is 0 Å². The average molecular weight is 399 g/mol. The van der Waals surface area contributed by atoms with E-state index in [9.17, 15) is 0 Å². The van der Waals surface area contributed by atoms with Crippen molar-refractivity contribution >= 4 is 31.9 Å². The van der Waals surface area contributed by atoms with Crippen LogP contribution in [0.2, 0.25) is 0 Å². The Morgan fingerprint density at radius 2 is 1.65 bits per heavy atom. The number of nitrogens with two attached hydrogens (primary N) is 1. The second-order valence-electron chi connectivity index (χ2n) is 4.94. The summed E-state index contributed by atoms with van der Waals surface area (Å²) >= 11 is 7.04. The predicted molar refractivity (Wildman–Crippen MR) is 90.4 cm³/mol. The van der Waals surface area contributed by atoms with E-state index >= 15 is 0 Å². The molecule has 2 nitrogen and oxygen atoms in total. The Hall–Kier alpha value is -0.840. The van der Waals surface area contributed by atoms with Crippen LogP contribution in [0.15, 0.2) is 39.3 Å². The quantitative estimate of drug-likeness (QED) is 0.725. The molecule has 0 bridgehead atoms. The van der Waals surface area contributed by atoms with Crippen molar-refractivity contribution in [2.24, 2.45) is 5.73 Å². The third-order valence-corrected chi connectivity index (χ3v) is 4.85. The van der Waals surface area contributed by atoms with Crippen molar-refractivity contribution in [1.82, 2.24) is 0 Å². The van der Waals surface area contributed by atoms with Crippen molar-refractivity contribution in [1.29, 1.82) is 0 Å². The fraction of sp³-hybridized carbons (Fsp3) is 0.250. The molecule has 0 aliphatic carbocycles. The van der Waals surface area contributed by atoms with Gasteiger partial charge in [-0.1, -0.05) is 37.9 Å². The lowest BCUT2D eigenvalue weighted by molar-refractivity contribution is 0.471. The van der Waals surface area contributed by atoms with Gasteiger partial charge >= 0.3 is 0 Å². The van der Waals surface area contributed by atoms with Gasteiger partial charge < -0.3 is 10.5 Å². The summed E-state index contributed by atoms with van der Waals surface area (Å²) in [6, 6.07) is 9.87. The molecule has 2 rings (SSSR count). The maximum Gasteiger partial charge on any atom is 0.133 e. The van der Waals surface area contributed by atoms with Crippen LogP contribution in [0.4, 0.5) is 0 Å². The molecule has 0 spiro atoms. The van der Waals surface area contributed by atoms with Crippen molar-refractivity contribution in [2.45, 2.75) is 26.8 Å². The Kier molecular flexibility index (Phi) is 4.89. The number of benzene rings is 2. The van der Waals surface area contributed by atoms with E-state index in [2.05, 4.69) is 45.7 Å². The highest BCUT2D eigenvalue weighted by atomic mass is 79.9. The van der Waals surface area contributed by atoms with Gasteiger partial charge in [0.2, 0.25) is 0 Å². The Bertz CT molecular complexity index is 615. The molecule has 0 heterocycles. The van der Waals surface area contributed by atoms with Gasteiger partial charge in [-0.25, -0.2) is 0 Å². The third kappa shape index (κ3) is 3.43. The minimum absolute atomic E-state index is 0.0734. The first-order valence-electron chi connectivity index (χ1n) is 6.38. The van der Waals surface area contributed by atoms with Gasteiger partial charge in [-0.15, -0.1) is 0 Å².